The van der Waals surface area contributed by atoms with Gasteiger partial charge in [-0.15, -0.1) is 0 Å². The second-order valence-electron chi connectivity index (χ2n) is 6.87. The molecule has 0 saturated carbocycles. The largest absolute Gasteiger partial charge is 0.497 e. The fourth-order valence-corrected chi connectivity index (χ4v) is 6.54. The maximum Gasteiger partial charge on any atom is 0.305 e. The van der Waals surface area contributed by atoms with Crippen LogP contribution in [-0.4, -0.2) is 29.2 Å². The summed E-state index contributed by atoms with van der Waals surface area (Å²) in [6, 6.07) is 16.5. The molecule has 2 aliphatic heterocycles. The molecule has 2 amide bonds. The van der Waals surface area contributed by atoms with Crippen LogP contribution in [0.4, 0.5) is 5.69 Å². The Bertz CT molecular complexity index is 1150. The molecule has 2 aromatic carbocycles. The van der Waals surface area contributed by atoms with E-state index in [-0.39, 0.29) is 22.6 Å². The van der Waals surface area contributed by atoms with Crippen molar-refractivity contribution in [2.24, 2.45) is 5.92 Å². The van der Waals surface area contributed by atoms with Crippen LogP contribution in [0, 0.1) is 5.92 Å². The predicted octanol–water partition coefficient (Wildman–Crippen LogP) is 3.24. The molecule has 1 saturated heterocycles. The highest BCUT2D eigenvalue weighted by molar-refractivity contribution is 8.00. The summed E-state index contributed by atoms with van der Waals surface area (Å²) in [6.45, 7) is 0. The van der Waals surface area contributed by atoms with Crippen molar-refractivity contribution in [3.8, 4) is 5.75 Å². The molecule has 2 aliphatic rings. The molecule has 1 aromatic heterocycles. The molecule has 0 radical (unpaired) electrons. The SMILES string of the molecule is COc1ccc(N2C(=O)[C@H]3[C@H](c4ccccc4)c4sc(=O)[nH]c4S[C@H]3C2=O)cc1. The highest BCUT2D eigenvalue weighted by Crippen LogP contribution is 2.53. The van der Waals surface area contributed by atoms with Crippen LogP contribution in [0.3, 0.4) is 0 Å². The Kier molecular flexibility index (Phi) is 4.33. The second kappa shape index (κ2) is 6.89. The Morgan fingerprint density at radius 3 is 2.38 bits per heavy atom. The lowest BCUT2D eigenvalue weighted by Gasteiger charge is -2.29. The molecule has 0 bridgehead atoms. The van der Waals surface area contributed by atoms with E-state index in [4.69, 9.17) is 4.74 Å². The van der Waals surface area contributed by atoms with Gasteiger partial charge < -0.3 is 9.72 Å². The van der Waals surface area contributed by atoms with Crippen LogP contribution in [0.15, 0.2) is 64.4 Å². The zero-order chi connectivity index (χ0) is 20.1. The molecule has 6 nitrogen and oxygen atoms in total. The van der Waals surface area contributed by atoms with Crippen LogP contribution >= 0.6 is 23.1 Å². The van der Waals surface area contributed by atoms with E-state index < -0.39 is 11.2 Å². The number of imide groups is 1. The molecule has 0 aliphatic carbocycles. The first kappa shape index (κ1) is 18.2. The summed E-state index contributed by atoms with van der Waals surface area (Å²) >= 11 is 2.40. The van der Waals surface area contributed by atoms with Crippen LogP contribution in [0.2, 0.25) is 0 Å². The summed E-state index contributed by atoms with van der Waals surface area (Å²) < 4.78 is 5.17. The van der Waals surface area contributed by atoms with E-state index in [0.717, 1.165) is 21.8 Å². The molecule has 3 atom stereocenters. The molecule has 29 heavy (non-hydrogen) atoms. The van der Waals surface area contributed by atoms with Gasteiger partial charge >= 0.3 is 4.87 Å². The van der Waals surface area contributed by atoms with Crippen molar-refractivity contribution in [3.63, 3.8) is 0 Å². The molecule has 1 fully saturated rings. The van der Waals surface area contributed by atoms with Gasteiger partial charge in [-0.25, -0.2) is 4.90 Å². The molecule has 8 heteroatoms. The number of methoxy groups -OCH3 is 1. The highest BCUT2D eigenvalue weighted by atomic mass is 32.2. The fourth-order valence-electron chi connectivity index (χ4n) is 4.02. The zero-order valence-corrected chi connectivity index (χ0v) is 17.0. The zero-order valence-electron chi connectivity index (χ0n) is 15.3. The number of hydrogen-bond donors (Lipinski definition) is 1. The molecule has 0 spiro atoms. The average Bonchev–Trinajstić information content (AvgIpc) is 3.23. The minimum atomic E-state index is -0.576. The third kappa shape index (κ3) is 2.82. The Morgan fingerprint density at radius 2 is 1.69 bits per heavy atom. The lowest BCUT2D eigenvalue weighted by molar-refractivity contribution is -0.122. The van der Waals surface area contributed by atoms with E-state index in [1.54, 1.807) is 31.4 Å². The number of H-pyrrole nitrogens is 1. The molecule has 0 unspecified atom stereocenters. The van der Waals surface area contributed by atoms with Crippen molar-refractivity contribution >= 4 is 40.6 Å². The van der Waals surface area contributed by atoms with E-state index in [0.29, 0.717) is 16.5 Å². The van der Waals surface area contributed by atoms with Gasteiger partial charge in [0.25, 0.3) is 0 Å². The maximum atomic E-state index is 13.5. The number of thiazole rings is 1. The predicted molar refractivity (Wildman–Crippen MR) is 112 cm³/mol. The number of anilines is 1. The first-order valence-corrected chi connectivity index (χ1v) is 10.7. The second-order valence-corrected chi connectivity index (χ2v) is 9.04. The summed E-state index contributed by atoms with van der Waals surface area (Å²) in [6.07, 6.45) is 0. The first-order valence-electron chi connectivity index (χ1n) is 9.05. The topological polar surface area (TPSA) is 79.5 Å². The third-order valence-electron chi connectivity index (χ3n) is 5.31. The number of hydrogen-bond acceptors (Lipinski definition) is 6. The van der Waals surface area contributed by atoms with Crippen molar-refractivity contribution in [1.29, 1.82) is 0 Å². The number of fused-ring (bicyclic) bond motifs is 2. The summed E-state index contributed by atoms with van der Waals surface area (Å²) in [5.41, 5.74) is 1.46. The van der Waals surface area contributed by atoms with Crippen molar-refractivity contribution in [2.45, 2.75) is 16.2 Å². The number of amides is 2. The number of carbonyl (C=O) groups excluding carboxylic acids is 2. The molecular formula is C21H16N2O4S2. The van der Waals surface area contributed by atoms with Gasteiger partial charge in [0, 0.05) is 10.8 Å². The Morgan fingerprint density at radius 1 is 0.966 bits per heavy atom. The Labute approximate surface area is 174 Å². The van der Waals surface area contributed by atoms with Crippen molar-refractivity contribution < 1.29 is 14.3 Å². The average molecular weight is 425 g/mol. The summed E-state index contributed by atoms with van der Waals surface area (Å²) in [5.74, 6) is -0.731. The molecule has 3 aromatic rings. The Balaban J connectivity index is 1.62. The minimum Gasteiger partial charge on any atom is -0.497 e. The highest BCUT2D eigenvalue weighted by Gasteiger charge is 2.56. The van der Waals surface area contributed by atoms with E-state index >= 15 is 0 Å². The van der Waals surface area contributed by atoms with Gasteiger partial charge in [-0.3, -0.25) is 14.4 Å². The quantitative estimate of drug-likeness (QED) is 0.653. The number of aromatic nitrogens is 1. The smallest absolute Gasteiger partial charge is 0.305 e. The number of nitrogens with zero attached hydrogens (tertiary/aromatic N) is 1. The molecular weight excluding hydrogens is 408 g/mol. The van der Waals surface area contributed by atoms with Crippen LogP contribution in [0.5, 0.6) is 5.75 Å². The van der Waals surface area contributed by atoms with Crippen LogP contribution < -0.4 is 14.5 Å². The van der Waals surface area contributed by atoms with Gasteiger partial charge in [0.2, 0.25) is 11.8 Å². The number of ether oxygens (including phenoxy) is 1. The summed E-state index contributed by atoms with van der Waals surface area (Å²) in [7, 11) is 1.57. The maximum absolute atomic E-state index is 13.5. The number of benzene rings is 2. The molecule has 146 valence electrons. The van der Waals surface area contributed by atoms with E-state index in [1.165, 1.54) is 16.7 Å². The lowest BCUT2D eigenvalue weighted by atomic mass is 9.83. The van der Waals surface area contributed by atoms with Gasteiger partial charge in [0.05, 0.1) is 23.7 Å². The van der Waals surface area contributed by atoms with Crippen LogP contribution in [0.25, 0.3) is 0 Å². The fraction of sp³-hybridized carbons (Fsp3) is 0.190. The van der Waals surface area contributed by atoms with Crippen LogP contribution in [0.1, 0.15) is 16.4 Å². The van der Waals surface area contributed by atoms with Crippen LogP contribution in [-0.2, 0) is 9.59 Å². The van der Waals surface area contributed by atoms with E-state index in [9.17, 15) is 14.4 Å². The van der Waals surface area contributed by atoms with Crippen molar-refractivity contribution in [1.82, 2.24) is 4.98 Å². The lowest BCUT2D eigenvalue weighted by Crippen LogP contribution is -2.32. The number of aromatic amines is 1. The standard InChI is InChI=1S/C21H16N2O4S2/c1-27-13-9-7-12(8-10-13)23-19(24)15-14(11-5-3-2-4-6-11)16-18(22-21(26)29-16)28-17(15)20(23)25/h2-10,14-15,17H,1H3,(H,22,26)/t14-,15-,17+/m0/s1. The monoisotopic (exact) mass is 424 g/mol. The van der Waals surface area contributed by atoms with Gasteiger partial charge in [-0.1, -0.05) is 53.4 Å². The normalized spacial score (nSPS) is 23.1. The number of thioether (sulfide) groups is 1. The first-order chi connectivity index (χ1) is 14.1. The Hall–Kier alpha value is -2.84. The van der Waals surface area contributed by atoms with E-state index in [2.05, 4.69) is 4.98 Å². The van der Waals surface area contributed by atoms with Gasteiger partial charge in [-0.2, -0.15) is 0 Å². The number of rotatable bonds is 3. The van der Waals surface area contributed by atoms with E-state index in [1.807, 2.05) is 30.3 Å². The summed E-state index contributed by atoms with van der Waals surface area (Å²) in [5, 5.41) is 0.111. The molecule has 5 rings (SSSR count). The molecule has 3 heterocycles. The van der Waals surface area contributed by atoms with Crippen molar-refractivity contribution in [3.05, 3.63) is 74.7 Å². The number of nitrogens with one attached hydrogen (secondary N) is 1. The van der Waals surface area contributed by atoms with Crippen molar-refractivity contribution in [2.75, 3.05) is 12.0 Å². The van der Waals surface area contributed by atoms with Gasteiger partial charge in [-0.05, 0) is 29.8 Å². The minimum absolute atomic E-state index is 0.171. The summed E-state index contributed by atoms with van der Waals surface area (Å²) in [4.78, 5) is 43.5. The third-order valence-corrected chi connectivity index (χ3v) is 7.71. The number of carbonyl (C=O) groups is 2. The van der Waals surface area contributed by atoms with Gasteiger partial charge in [0.15, 0.2) is 0 Å². The van der Waals surface area contributed by atoms with Gasteiger partial charge in [0.1, 0.15) is 11.0 Å². The molecule has 1 N–H and O–H groups in total.